The van der Waals surface area contributed by atoms with Gasteiger partial charge in [0, 0.05) is 31.1 Å². The van der Waals surface area contributed by atoms with Gasteiger partial charge in [0.15, 0.2) is 0 Å². The van der Waals surface area contributed by atoms with Gasteiger partial charge in [-0.3, -0.25) is 9.67 Å². The van der Waals surface area contributed by atoms with Crippen molar-refractivity contribution in [2.75, 3.05) is 0 Å². The molecule has 0 bridgehead atoms. The Labute approximate surface area is 81.4 Å². The number of nitriles is 1. The molecule has 0 radical (unpaired) electrons. The van der Waals surface area contributed by atoms with E-state index in [9.17, 15) is 0 Å². The molecule has 0 aliphatic carbocycles. The number of nitrogens with zero attached hydrogens (tertiary/aromatic N) is 4. The second kappa shape index (κ2) is 3.30. The highest BCUT2D eigenvalue weighted by Gasteiger charge is 2.05. The molecule has 0 aliphatic heterocycles. The largest absolute Gasteiger partial charge is 0.264 e. The van der Waals surface area contributed by atoms with Crippen LogP contribution in [0.5, 0.6) is 0 Å². The van der Waals surface area contributed by atoms with Gasteiger partial charge in [-0.15, -0.1) is 0 Å². The molecule has 0 aliphatic rings. The van der Waals surface area contributed by atoms with E-state index in [1.807, 2.05) is 12.1 Å². The van der Waals surface area contributed by atoms with Crippen LogP contribution >= 0.6 is 0 Å². The summed E-state index contributed by atoms with van der Waals surface area (Å²) in [5, 5.41) is 13.0. The van der Waals surface area contributed by atoms with Crippen molar-refractivity contribution in [1.82, 2.24) is 14.8 Å². The van der Waals surface area contributed by atoms with Crippen LogP contribution in [0.2, 0.25) is 0 Å². The van der Waals surface area contributed by atoms with Crippen LogP contribution < -0.4 is 0 Å². The number of rotatable bonds is 1. The molecule has 0 atom stereocenters. The van der Waals surface area contributed by atoms with Crippen molar-refractivity contribution in [3.63, 3.8) is 0 Å². The van der Waals surface area contributed by atoms with Gasteiger partial charge >= 0.3 is 0 Å². The zero-order valence-electron chi connectivity index (χ0n) is 7.68. The molecule has 0 N–H and O–H groups in total. The maximum atomic E-state index is 8.75. The first-order valence-corrected chi connectivity index (χ1v) is 4.16. The van der Waals surface area contributed by atoms with E-state index < -0.39 is 0 Å². The second-order valence-corrected chi connectivity index (χ2v) is 2.89. The van der Waals surface area contributed by atoms with E-state index in [0.717, 1.165) is 11.3 Å². The number of hydrogen-bond acceptors (Lipinski definition) is 3. The van der Waals surface area contributed by atoms with Crippen molar-refractivity contribution in [1.29, 1.82) is 5.26 Å². The summed E-state index contributed by atoms with van der Waals surface area (Å²) in [6, 6.07) is 7.57. The zero-order chi connectivity index (χ0) is 9.97. The van der Waals surface area contributed by atoms with Crippen LogP contribution in [0.3, 0.4) is 0 Å². The molecule has 0 spiro atoms. The minimum absolute atomic E-state index is 0.545. The lowest BCUT2D eigenvalue weighted by atomic mass is 10.2. The van der Waals surface area contributed by atoms with Crippen LogP contribution in [-0.4, -0.2) is 14.8 Å². The SMILES string of the molecule is Cn1nc(-c2cccnc2)cc1C#N. The van der Waals surface area contributed by atoms with E-state index in [1.165, 1.54) is 0 Å². The first-order chi connectivity index (χ1) is 6.81. The van der Waals surface area contributed by atoms with Crippen LogP contribution in [0.4, 0.5) is 0 Å². The maximum Gasteiger partial charge on any atom is 0.138 e. The fourth-order valence-corrected chi connectivity index (χ4v) is 1.23. The zero-order valence-corrected chi connectivity index (χ0v) is 7.68. The molecular formula is C10H8N4. The van der Waals surface area contributed by atoms with Gasteiger partial charge in [-0.25, -0.2) is 0 Å². The molecule has 2 heterocycles. The van der Waals surface area contributed by atoms with Gasteiger partial charge < -0.3 is 0 Å². The van der Waals surface area contributed by atoms with Gasteiger partial charge in [0.2, 0.25) is 0 Å². The molecule has 2 aromatic heterocycles. The molecule has 2 aromatic rings. The van der Waals surface area contributed by atoms with E-state index in [2.05, 4.69) is 16.2 Å². The van der Waals surface area contributed by atoms with E-state index in [0.29, 0.717) is 5.69 Å². The van der Waals surface area contributed by atoms with E-state index in [1.54, 1.807) is 30.2 Å². The third-order valence-corrected chi connectivity index (χ3v) is 1.95. The summed E-state index contributed by atoms with van der Waals surface area (Å²) >= 11 is 0. The molecule has 0 fully saturated rings. The summed E-state index contributed by atoms with van der Waals surface area (Å²) in [7, 11) is 1.75. The summed E-state index contributed by atoms with van der Waals surface area (Å²) in [4.78, 5) is 3.99. The van der Waals surface area contributed by atoms with Gasteiger partial charge in [0.25, 0.3) is 0 Å². The monoisotopic (exact) mass is 184 g/mol. The summed E-state index contributed by atoms with van der Waals surface area (Å²) in [6.07, 6.45) is 3.43. The first-order valence-electron chi connectivity index (χ1n) is 4.16. The fourth-order valence-electron chi connectivity index (χ4n) is 1.23. The molecule has 0 amide bonds. The summed E-state index contributed by atoms with van der Waals surface area (Å²) < 4.78 is 1.56. The summed E-state index contributed by atoms with van der Waals surface area (Å²) in [6.45, 7) is 0. The van der Waals surface area contributed by atoms with Gasteiger partial charge in [-0.2, -0.15) is 10.4 Å². The van der Waals surface area contributed by atoms with Crippen molar-refractivity contribution in [2.45, 2.75) is 0 Å². The third-order valence-electron chi connectivity index (χ3n) is 1.95. The Balaban J connectivity index is 2.50. The molecular weight excluding hydrogens is 176 g/mol. The maximum absolute atomic E-state index is 8.75. The Morgan fingerprint density at radius 1 is 1.50 bits per heavy atom. The van der Waals surface area contributed by atoms with Crippen molar-refractivity contribution in [3.8, 4) is 17.3 Å². The predicted molar refractivity (Wildman–Crippen MR) is 51.2 cm³/mol. The van der Waals surface area contributed by atoms with Gasteiger partial charge in [0.1, 0.15) is 11.8 Å². The second-order valence-electron chi connectivity index (χ2n) is 2.89. The molecule has 68 valence electrons. The van der Waals surface area contributed by atoms with Gasteiger partial charge in [-0.05, 0) is 12.1 Å². The van der Waals surface area contributed by atoms with Gasteiger partial charge in [-0.1, -0.05) is 0 Å². The average Bonchev–Trinajstić information content (AvgIpc) is 2.61. The number of aryl methyl sites for hydroxylation is 1. The molecule has 0 saturated carbocycles. The summed E-state index contributed by atoms with van der Waals surface area (Å²) in [5.74, 6) is 0. The van der Waals surface area contributed by atoms with Crippen LogP contribution in [0.15, 0.2) is 30.6 Å². The lowest BCUT2D eigenvalue weighted by Crippen LogP contribution is -1.93. The van der Waals surface area contributed by atoms with Crippen LogP contribution in [-0.2, 0) is 7.05 Å². The predicted octanol–water partition coefficient (Wildman–Crippen LogP) is 1.35. The minimum atomic E-state index is 0.545. The van der Waals surface area contributed by atoms with Crippen LogP contribution in [0.25, 0.3) is 11.3 Å². The van der Waals surface area contributed by atoms with Gasteiger partial charge in [0.05, 0.1) is 5.69 Å². The Kier molecular flexibility index (Phi) is 1.99. The average molecular weight is 184 g/mol. The quantitative estimate of drug-likeness (QED) is 0.672. The topological polar surface area (TPSA) is 54.5 Å². The standard InChI is InChI=1S/C10H8N4/c1-14-9(6-11)5-10(13-14)8-3-2-4-12-7-8/h2-5,7H,1H3. The number of aromatic nitrogens is 3. The highest BCUT2D eigenvalue weighted by molar-refractivity contribution is 5.58. The Bertz CT molecular complexity index is 479. The van der Waals surface area contributed by atoms with E-state index >= 15 is 0 Å². The lowest BCUT2D eigenvalue weighted by molar-refractivity contribution is 0.759. The normalized spacial score (nSPS) is 9.71. The highest BCUT2D eigenvalue weighted by atomic mass is 15.3. The number of pyridine rings is 1. The van der Waals surface area contributed by atoms with Crippen molar-refractivity contribution < 1.29 is 0 Å². The van der Waals surface area contributed by atoms with Crippen molar-refractivity contribution in [3.05, 3.63) is 36.3 Å². The minimum Gasteiger partial charge on any atom is -0.264 e. The van der Waals surface area contributed by atoms with Crippen molar-refractivity contribution in [2.24, 2.45) is 7.05 Å². The molecule has 14 heavy (non-hydrogen) atoms. The summed E-state index contributed by atoms with van der Waals surface area (Å²) in [5.41, 5.74) is 2.24. The fraction of sp³-hybridized carbons (Fsp3) is 0.100. The molecule has 0 unspecified atom stereocenters. The molecule has 0 aromatic carbocycles. The van der Waals surface area contributed by atoms with Crippen molar-refractivity contribution >= 4 is 0 Å². The van der Waals surface area contributed by atoms with E-state index in [-0.39, 0.29) is 0 Å². The van der Waals surface area contributed by atoms with E-state index in [4.69, 9.17) is 5.26 Å². The lowest BCUT2D eigenvalue weighted by Gasteiger charge is -1.92. The first kappa shape index (κ1) is 8.45. The smallest absolute Gasteiger partial charge is 0.138 e. The number of hydrogen-bond donors (Lipinski definition) is 0. The van der Waals surface area contributed by atoms with Crippen LogP contribution in [0, 0.1) is 11.3 Å². The highest BCUT2D eigenvalue weighted by Crippen LogP contribution is 2.16. The molecule has 4 nitrogen and oxygen atoms in total. The third kappa shape index (κ3) is 1.36. The Hall–Kier alpha value is -2.15. The Morgan fingerprint density at radius 3 is 2.93 bits per heavy atom. The van der Waals surface area contributed by atoms with Crippen LogP contribution in [0.1, 0.15) is 5.69 Å². The molecule has 0 saturated heterocycles. The Morgan fingerprint density at radius 2 is 2.36 bits per heavy atom. The molecule has 4 heteroatoms. The molecule has 2 rings (SSSR count).